The zero-order valence-electron chi connectivity index (χ0n) is 9.26. The molecule has 0 unspecified atom stereocenters. The number of aromatic nitrogens is 2. The van der Waals surface area contributed by atoms with Gasteiger partial charge in [-0.1, -0.05) is 17.6 Å². The number of nitrogens with zero attached hydrogens (tertiary/aromatic N) is 3. The molecule has 1 aliphatic rings. The number of hydrogen-bond acceptors (Lipinski definition) is 4. The maximum absolute atomic E-state index is 8.83. The summed E-state index contributed by atoms with van der Waals surface area (Å²) < 4.78 is 5.24. The molecule has 2 aromatic rings. The fourth-order valence-corrected chi connectivity index (χ4v) is 1.91. The van der Waals surface area contributed by atoms with Gasteiger partial charge in [0.1, 0.15) is 0 Å². The summed E-state index contributed by atoms with van der Waals surface area (Å²) in [4.78, 5) is 4.39. The van der Waals surface area contributed by atoms with E-state index in [2.05, 4.69) is 16.2 Å². The molecule has 0 N–H and O–H groups in total. The maximum Gasteiger partial charge on any atom is 0.257 e. The molecule has 1 heterocycles. The highest BCUT2D eigenvalue weighted by Crippen LogP contribution is 2.35. The lowest BCUT2D eigenvalue weighted by Gasteiger charge is -2.20. The standard InChI is InChI=1S/C13H11N3O/c14-8-9-3-1-6-11(7-9)13-15-12(16-17-13)10-4-2-5-10/h1,3,6-7,10H,2,4-5H2. The quantitative estimate of drug-likeness (QED) is 0.788. The molecule has 1 aromatic heterocycles. The van der Waals surface area contributed by atoms with Gasteiger partial charge in [0.25, 0.3) is 5.89 Å². The number of nitriles is 1. The van der Waals surface area contributed by atoms with Gasteiger partial charge in [-0.05, 0) is 31.0 Å². The normalized spacial score (nSPS) is 15.2. The first-order chi connectivity index (χ1) is 8.36. The maximum atomic E-state index is 8.83. The molecule has 0 radical (unpaired) electrons. The molecule has 0 aliphatic heterocycles. The zero-order valence-corrected chi connectivity index (χ0v) is 9.26. The molecule has 0 amide bonds. The minimum atomic E-state index is 0.464. The number of hydrogen-bond donors (Lipinski definition) is 0. The summed E-state index contributed by atoms with van der Waals surface area (Å²) in [6, 6.07) is 9.31. The van der Waals surface area contributed by atoms with Crippen molar-refractivity contribution in [2.24, 2.45) is 0 Å². The van der Waals surface area contributed by atoms with Crippen molar-refractivity contribution in [3.63, 3.8) is 0 Å². The molecule has 1 aromatic carbocycles. The molecule has 1 aliphatic carbocycles. The van der Waals surface area contributed by atoms with Crippen LogP contribution in [-0.2, 0) is 0 Å². The summed E-state index contributed by atoms with van der Waals surface area (Å²) >= 11 is 0. The van der Waals surface area contributed by atoms with Crippen LogP contribution in [0, 0.1) is 11.3 Å². The Kier molecular flexibility index (Phi) is 2.37. The summed E-state index contributed by atoms with van der Waals surface area (Å²) in [6.45, 7) is 0. The van der Waals surface area contributed by atoms with Crippen molar-refractivity contribution in [3.05, 3.63) is 35.7 Å². The van der Waals surface area contributed by atoms with Crippen LogP contribution in [0.2, 0.25) is 0 Å². The Morgan fingerprint density at radius 2 is 2.24 bits per heavy atom. The van der Waals surface area contributed by atoms with Crippen molar-refractivity contribution in [2.75, 3.05) is 0 Å². The largest absolute Gasteiger partial charge is 0.334 e. The van der Waals surface area contributed by atoms with E-state index in [1.807, 2.05) is 12.1 Å². The van der Waals surface area contributed by atoms with Gasteiger partial charge in [-0.15, -0.1) is 0 Å². The Bertz CT molecular complexity index is 578. The van der Waals surface area contributed by atoms with Crippen LogP contribution in [0.1, 0.15) is 36.6 Å². The summed E-state index contributed by atoms with van der Waals surface area (Å²) in [7, 11) is 0. The van der Waals surface area contributed by atoms with Crippen LogP contribution in [0.25, 0.3) is 11.5 Å². The fourth-order valence-electron chi connectivity index (χ4n) is 1.91. The molecular formula is C13H11N3O. The van der Waals surface area contributed by atoms with Gasteiger partial charge in [-0.25, -0.2) is 0 Å². The summed E-state index contributed by atoms with van der Waals surface area (Å²) in [5, 5.41) is 12.8. The van der Waals surface area contributed by atoms with Crippen molar-refractivity contribution in [3.8, 4) is 17.5 Å². The van der Waals surface area contributed by atoms with Crippen molar-refractivity contribution in [1.82, 2.24) is 10.1 Å². The van der Waals surface area contributed by atoms with E-state index < -0.39 is 0 Å². The van der Waals surface area contributed by atoms with Gasteiger partial charge in [0.05, 0.1) is 11.6 Å². The van der Waals surface area contributed by atoms with Gasteiger partial charge in [0.15, 0.2) is 5.82 Å². The van der Waals surface area contributed by atoms with Crippen molar-refractivity contribution in [1.29, 1.82) is 5.26 Å². The predicted octanol–water partition coefficient (Wildman–Crippen LogP) is 2.88. The van der Waals surface area contributed by atoms with Gasteiger partial charge in [0.2, 0.25) is 0 Å². The molecule has 1 saturated carbocycles. The van der Waals surface area contributed by atoms with Crippen LogP contribution in [0.5, 0.6) is 0 Å². The zero-order chi connectivity index (χ0) is 11.7. The molecule has 17 heavy (non-hydrogen) atoms. The van der Waals surface area contributed by atoms with E-state index in [9.17, 15) is 0 Å². The molecule has 0 saturated heterocycles. The first-order valence-electron chi connectivity index (χ1n) is 5.71. The van der Waals surface area contributed by atoms with Crippen LogP contribution in [-0.4, -0.2) is 10.1 Å². The summed E-state index contributed by atoms with van der Waals surface area (Å²) in [5.74, 6) is 1.77. The minimum Gasteiger partial charge on any atom is -0.334 e. The lowest BCUT2D eigenvalue weighted by molar-refractivity contribution is 0.366. The van der Waals surface area contributed by atoms with Crippen molar-refractivity contribution in [2.45, 2.75) is 25.2 Å². The molecule has 1 fully saturated rings. The summed E-state index contributed by atoms with van der Waals surface area (Å²) in [5.41, 5.74) is 1.41. The topological polar surface area (TPSA) is 62.7 Å². The Labute approximate surface area is 98.9 Å². The molecule has 3 rings (SSSR count). The lowest BCUT2D eigenvalue weighted by Crippen LogP contribution is -2.10. The molecule has 84 valence electrons. The van der Waals surface area contributed by atoms with Gasteiger partial charge in [0, 0.05) is 11.5 Å². The van der Waals surface area contributed by atoms with E-state index in [0.29, 0.717) is 17.4 Å². The van der Waals surface area contributed by atoms with Gasteiger partial charge in [-0.3, -0.25) is 0 Å². The first-order valence-corrected chi connectivity index (χ1v) is 5.71. The monoisotopic (exact) mass is 225 g/mol. The number of rotatable bonds is 2. The second-order valence-electron chi connectivity index (χ2n) is 4.28. The smallest absolute Gasteiger partial charge is 0.257 e. The summed E-state index contributed by atoms with van der Waals surface area (Å²) in [6.07, 6.45) is 3.55. The minimum absolute atomic E-state index is 0.464. The highest BCUT2D eigenvalue weighted by molar-refractivity contribution is 5.56. The second-order valence-corrected chi connectivity index (χ2v) is 4.28. The van der Waals surface area contributed by atoms with Crippen LogP contribution in [0.3, 0.4) is 0 Å². The predicted molar refractivity (Wildman–Crippen MR) is 61.0 cm³/mol. The van der Waals surface area contributed by atoms with Crippen molar-refractivity contribution < 1.29 is 4.52 Å². The first kappa shape index (κ1) is 10.0. The third kappa shape index (κ3) is 1.80. The molecule has 4 nitrogen and oxygen atoms in total. The van der Waals surface area contributed by atoms with E-state index in [1.54, 1.807) is 12.1 Å². The van der Waals surface area contributed by atoms with E-state index >= 15 is 0 Å². The van der Waals surface area contributed by atoms with E-state index in [4.69, 9.17) is 9.78 Å². The van der Waals surface area contributed by atoms with Gasteiger partial charge < -0.3 is 4.52 Å². The Morgan fingerprint density at radius 1 is 1.35 bits per heavy atom. The highest BCUT2D eigenvalue weighted by atomic mass is 16.5. The van der Waals surface area contributed by atoms with E-state index in [0.717, 1.165) is 24.2 Å². The van der Waals surface area contributed by atoms with E-state index in [1.165, 1.54) is 6.42 Å². The van der Waals surface area contributed by atoms with Crippen LogP contribution in [0.15, 0.2) is 28.8 Å². The molecule has 0 spiro atoms. The SMILES string of the molecule is N#Cc1cccc(-c2nc(C3CCC3)no2)c1. The highest BCUT2D eigenvalue weighted by Gasteiger charge is 2.24. The molecular weight excluding hydrogens is 214 g/mol. The van der Waals surface area contributed by atoms with Gasteiger partial charge >= 0.3 is 0 Å². The second kappa shape index (κ2) is 4.02. The average molecular weight is 225 g/mol. The third-order valence-corrected chi connectivity index (χ3v) is 3.15. The number of benzene rings is 1. The Morgan fingerprint density at radius 3 is 2.94 bits per heavy atom. The van der Waals surface area contributed by atoms with Crippen LogP contribution >= 0.6 is 0 Å². The molecule has 0 bridgehead atoms. The van der Waals surface area contributed by atoms with Crippen molar-refractivity contribution >= 4 is 0 Å². The van der Waals surface area contributed by atoms with E-state index in [-0.39, 0.29) is 0 Å². The average Bonchev–Trinajstić information content (AvgIpc) is 2.76. The molecule has 0 atom stereocenters. The Balaban J connectivity index is 1.92. The fraction of sp³-hybridized carbons (Fsp3) is 0.308. The molecule has 4 heteroatoms. The lowest BCUT2D eigenvalue weighted by atomic mass is 9.85. The van der Waals surface area contributed by atoms with Gasteiger partial charge in [-0.2, -0.15) is 10.2 Å². The van der Waals surface area contributed by atoms with Crippen LogP contribution in [0.4, 0.5) is 0 Å². The van der Waals surface area contributed by atoms with Crippen LogP contribution < -0.4 is 0 Å². The third-order valence-electron chi connectivity index (χ3n) is 3.15. The Hall–Kier alpha value is -2.15.